The normalized spacial score (nSPS) is 10.4. The first-order valence-corrected chi connectivity index (χ1v) is 4.07. The van der Waals surface area contributed by atoms with E-state index in [0.717, 1.165) is 6.20 Å². The third-order valence-corrected chi connectivity index (χ3v) is 1.61. The molecular weight excluding hydrogens is 185 g/mol. The molecule has 1 aromatic rings. The molecule has 0 fully saturated rings. The van der Waals surface area contributed by atoms with Gasteiger partial charge in [0.05, 0.1) is 19.7 Å². The van der Waals surface area contributed by atoms with Crippen molar-refractivity contribution in [1.82, 2.24) is 4.98 Å². The number of methoxy groups -OCH3 is 1. The summed E-state index contributed by atoms with van der Waals surface area (Å²) in [5, 5.41) is 0. The molecule has 0 bridgehead atoms. The number of esters is 1. The highest BCUT2D eigenvalue weighted by atomic mass is 19.1. The van der Waals surface area contributed by atoms with E-state index in [2.05, 4.69) is 9.72 Å². The number of hydrogen-bond donors (Lipinski definition) is 0. The molecule has 14 heavy (non-hydrogen) atoms. The minimum absolute atomic E-state index is 0.137. The Hall–Kier alpha value is -1.71. The average molecular weight is 195 g/mol. The van der Waals surface area contributed by atoms with Crippen LogP contribution in [0.1, 0.15) is 12.0 Å². The molecule has 0 amide bonds. The van der Waals surface area contributed by atoms with Gasteiger partial charge in [0.25, 0.3) is 0 Å². The SMILES string of the molecule is COC(=O)CC=Cc1ccncc1F. The fourth-order valence-corrected chi connectivity index (χ4v) is 0.887. The molecule has 1 aromatic heterocycles. The Morgan fingerprint density at radius 3 is 3.14 bits per heavy atom. The van der Waals surface area contributed by atoms with Crippen molar-refractivity contribution in [1.29, 1.82) is 0 Å². The van der Waals surface area contributed by atoms with Gasteiger partial charge in [0, 0.05) is 11.8 Å². The number of ether oxygens (including phenoxy) is 1. The van der Waals surface area contributed by atoms with Gasteiger partial charge in [-0.2, -0.15) is 0 Å². The van der Waals surface area contributed by atoms with Gasteiger partial charge in [0.1, 0.15) is 5.82 Å². The smallest absolute Gasteiger partial charge is 0.309 e. The maximum atomic E-state index is 13.0. The fraction of sp³-hybridized carbons (Fsp3) is 0.200. The van der Waals surface area contributed by atoms with E-state index in [-0.39, 0.29) is 12.4 Å². The molecule has 0 N–H and O–H groups in total. The molecule has 0 aliphatic carbocycles. The van der Waals surface area contributed by atoms with Crippen molar-refractivity contribution in [2.75, 3.05) is 7.11 Å². The Kier molecular flexibility index (Phi) is 3.79. The topological polar surface area (TPSA) is 39.2 Å². The number of aromatic nitrogens is 1. The molecule has 0 atom stereocenters. The summed E-state index contributed by atoms with van der Waals surface area (Å²) in [6.07, 6.45) is 5.81. The van der Waals surface area contributed by atoms with Crippen LogP contribution in [0.4, 0.5) is 4.39 Å². The molecule has 3 nitrogen and oxygen atoms in total. The number of rotatable bonds is 3. The summed E-state index contributed by atoms with van der Waals surface area (Å²) in [6, 6.07) is 1.53. The maximum Gasteiger partial charge on any atom is 0.309 e. The lowest BCUT2D eigenvalue weighted by atomic mass is 10.2. The predicted molar refractivity (Wildman–Crippen MR) is 49.9 cm³/mol. The van der Waals surface area contributed by atoms with Crippen molar-refractivity contribution in [3.8, 4) is 0 Å². The number of nitrogens with zero attached hydrogens (tertiary/aromatic N) is 1. The molecule has 0 aliphatic heterocycles. The number of carbonyl (C=O) groups excluding carboxylic acids is 1. The van der Waals surface area contributed by atoms with Crippen LogP contribution in [0, 0.1) is 5.82 Å². The molecule has 4 heteroatoms. The van der Waals surface area contributed by atoms with Gasteiger partial charge in [-0.1, -0.05) is 12.2 Å². The number of carbonyl (C=O) groups is 1. The van der Waals surface area contributed by atoms with Gasteiger partial charge in [-0.05, 0) is 6.07 Å². The Morgan fingerprint density at radius 1 is 1.71 bits per heavy atom. The number of pyridine rings is 1. The second-order valence-electron chi connectivity index (χ2n) is 2.58. The van der Waals surface area contributed by atoms with E-state index in [1.54, 1.807) is 6.08 Å². The van der Waals surface area contributed by atoms with Crippen LogP contribution >= 0.6 is 0 Å². The molecule has 74 valence electrons. The van der Waals surface area contributed by atoms with Gasteiger partial charge < -0.3 is 4.74 Å². The summed E-state index contributed by atoms with van der Waals surface area (Å²) < 4.78 is 17.4. The van der Waals surface area contributed by atoms with Crippen LogP contribution in [0.15, 0.2) is 24.5 Å². The van der Waals surface area contributed by atoms with Crippen molar-refractivity contribution >= 4 is 12.0 Å². The van der Waals surface area contributed by atoms with Crippen molar-refractivity contribution in [2.24, 2.45) is 0 Å². The van der Waals surface area contributed by atoms with Crippen LogP contribution in [0.5, 0.6) is 0 Å². The second-order valence-corrected chi connectivity index (χ2v) is 2.58. The Bertz CT molecular complexity index is 350. The van der Waals surface area contributed by atoms with Crippen molar-refractivity contribution in [3.05, 3.63) is 35.9 Å². The molecule has 1 rings (SSSR count). The van der Waals surface area contributed by atoms with Crippen LogP contribution in [0.3, 0.4) is 0 Å². The summed E-state index contributed by atoms with van der Waals surface area (Å²) in [4.78, 5) is 14.3. The van der Waals surface area contributed by atoms with E-state index in [1.807, 2.05) is 0 Å². The Balaban J connectivity index is 2.60. The van der Waals surface area contributed by atoms with Gasteiger partial charge in [-0.3, -0.25) is 9.78 Å². The third kappa shape index (κ3) is 2.97. The van der Waals surface area contributed by atoms with Gasteiger partial charge in [-0.25, -0.2) is 4.39 Å². The highest BCUT2D eigenvalue weighted by Crippen LogP contribution is 2.06. The van der Waals surface area contributed by atoms with Gasteiger partial charge >= 0.3 is 5.97 Å². The quantitative estimate of drug-likeness (QED) is 0.690. The van der Waals surface area contributed by atoms with E-state index < -0.39 is 5.82 Å². The third-order valence-electron chi connectivity index (χ3n) is 1.61. The Labute approximate surface area is 81.2 Å². The van der Waals surface area contributed by atoms with E-state index in [4.69, 9.17) is 0 Å². The van der Waals surface area contributed by atoms with E-state index in [1.165, 1.54) is 25.4 Å². The van der Waals surface area contributed by atoms with E-state index in [0.29, 0.717) is 5.56 Å². The zero-order valence-electron chi connectivity index (χ0n) is 7.74. The highest BCUT2D eigenvalue weighted by molar-refractivity contribution is 5.72. The molecule has 0 aromatic carbocycles. The van der Waals surface area contributed by atoms with Gasteiger partial charge in [-0.15, -0.1) is 0 Å². The van der Waals surface area contributed by atoms with Crippen LogP contribution in [-0.2, 0) is 9.53 Å². The molecule has 0 unspecified atom stereocenters. The minimum Gasteiger partial charge on any atom is -0.469 e. The van der Waals surface area contributed by atoms with Gasteiger partial charge in [0.2, 0.25) is 0 Å². The molecule has 0 saturated heterocycles. The molecule has 0 saturated carbocycles. The Morgan fingerprint density at radius 2 is 2.50 bits per heavy atom. The van der Waals surface area contributed by atoms with Crippen molar-refractivity contribution in [2.45, 2.75) is 6.42 Å². The lowest BCUT2D eigenvalue weighted by Crippen LogP contribution is -1.96. The highest BCUT2D eigenvalue weighted by Gasteiger charge is 1.97. The first-order chi connectivity index (χ1) is 6.74. The molecule has 0 spiro atoms. The van der Waals surface area contributed by atoms with Gasteiger partial charge in [0.15, 0.2) is 0 Å². The monoisotopic (exact) mass is 195 g/mol. The first kappa shape index (κ1) is 10.4. The van der Waals surface area contributed by atoms with Crippen molar-refractivity contribution in [3.63, 3.8) is 0 Å². The molecule has 0 radical (unpaired) electrons. The zero-order valence-corrected chi connectivity index (χ0v) is 7.74. The van der Waals surface area contributed by atoms with E-state index in [9.17, 15) is 9.18 Å². The van der Waals surface area contributed by atoms with Crippen LogP contribution in [-0.4, -0.2) is 18.1 Å². The standard InChI is InChI=1S/C10H10FNO2/c1-14-10(13)4-2-3-8-5-6-12-7-9(8)11/h2-3,5-7H,4H2,1H3. The average Bonchev–Trinajstić information content (AvgIpc) is 2.20. The lowest BCUT2D eigenvalue weighted by molar-refractivity contribution is -0.139. The van der Waals surface area contributed by atoms with Crippen LogP contribution < -0.4 is 0 Å². The largest absolute Gasteiger partial charge is 0.469 e. The van der Waals surface area contributed by atoms with Crippen molar-refractivity contribution < 1.29 is 13.9 Å². The van der Waals surface area contributed by atoms with Crippen LogP contribution in [0.25, 0.3) is 6.08 Å². The molecule has 0 aliphatic rings. The summed E-state index contributed by atoms with van der Waals surface area (Å²) in [5.74, 6) is -0.760. The minimum atomic E-state index is -0.409. The van der Waals surface area contributed by atoms with E-state index >= 15 is 0 Å². The summed E-state index contributed by atoms with van der Waals surface area (Å²) in [7, 11) is 1.31. The predicted octanol–water partition coefficient (Wildman–Crippen LogP) is 1.80. The number of hydrogen-bond acceptors (Lipinski definition) is 3. The lowest BCUT2D eigenvalue weighted by Gasteiger charge is -1.94. The summed E-state index contributed by atoms with van der Waals surface area (Å²) >= 11 is 0. The second kappa shape index (κ2) is 5.11. The fourth-order valence-electron chi connectivity index (χ4n) is 0.887. The first-order valence-electron chi connectivity index (χ1n) is 4.07. The van der Waals surface area contributed by atoms with Crippen LogP contribution in [0.2, 0.25) is 0 Å². The molecule has 1 heterocycles. The number of halogens is 1. The zero-order chi connectivity index (χ0) is 10.4. The summed E-state index contributed by atoms with van der Waals surface area (Å²) in [6.45, 7) is 0. The molecular formula is C10H10FNO2. The maximum absolute atomic E-state index is 13.0. The summed E-state index contributed by atoms with van der Waals surface area (Å²) in [5.41, 5.74) is 0.406.